The number of nitrogen functional groups attached to an aromatic ring is 1. The number of hydrogen-bond acceptors (Lipinski definition) is 5. The van der Waals surface area contributed by atoms with Gasteiger partial charge in [-0.25, -0.2) is 4.98 Å². The van der Waals surface area contributed by atoms with Crippen LogP contribution in [0, 0.1) is 0 Å². The van der Waals surface area contributed by atoms with E-state index in [0.717, 1.165) is 5.56 Å². The second-order valence-corrected chi connectivity index (χ2v) is 5.80. The van der Waals surface area contributed by atoms with Gasteiger partial charge in [0.15, 0.2) is 0 Å². The predicted octanol–water partition coefficient (Wildman–Crippen LogP) is 2.32. The van der Waals surface area contributed by atoms with E-state index in [0.29, 0.717) is 11.6 Å². The van der Waals surface area contributed by atoms with Gasteiger partial charge >= 0.3 is 7.12 Å². The van der Waals surface area contributed by atoms with Crippen molar-refractivity contribution in [2.75, 3.05) is 12.8 Å². The Morgan fingerprint density at radius 2 is 1.85 bits per heavy atom. The fourth-order valence-corrected chi connectivity index (χ4v) is 1.96. The molecular weight excluding hydrogens is 255 g/mol. The first-order chi connectivity index (χ1) is 9.27. The highest BCUT2D eigenvalue weighted by Crippen LogP contribution is 2.37. The molecule has 20 heavy (non-hydrogen) atoms. The summed E-state index contributed by atoms with van der Waals surface area (Å²) in [5.41, 5.74) is 5.88. The SMILES string of the molecule is COc1ccnc(N)c1/C=C/B1OC(C)(C)C(C)(C)O1. The lowest BCUT2D eigenvalue weighted by Gasteiger charge is -2.32. The Kier molecular flexibility index (Phi) is 3.80. The molecule has 1 aromatic rings. The number of pyridine rings is 1. The zero-order chi connectivity index (χ0) is 15.0. The van der Waals surface area contributed by atoms with E-state index in [4.69, 9.17) is 19.8 Å². The van der Waals surface area contributed by atoms with Crippen molar-refractivity contribution in [3.05, 3.63) is 23.8 Å². The van der Waals surface area contributed by atoms with Crippen molar-refractivity contribution in [3.63, 3.8) is 0 Å². The maximum absolute atomic E-state index is 5.89. The standard InChI is InChI=1S/C14H21BN2O3/c1-13(2)14(3,4)20-15(19-13)8-6-10-11(18-5)7-9-17-12(10)16/h6-9H,1-5H3,(H2,16,17)/b8-6+. The largest absolute Gasteiger partial charge is 0.496 e. The minimum absolute atomic E-state index is 0.355. The molecule has 0 radical (unpaired) electrons. The van der Waals surface area contributed by atoms with Gasteiger partial charge in [-0.15, -0.1) is 0 Å². The molecule has 0 aliphatic carbocycles. The van der Waals surface area contributed by atoms with Crippen molar-refractivity contribution in [2.24, 2.45) is 0 Å². The average molecular weight is 276 g/mol. The Balaban J connectivity index is 2.20. The molecule has 2 N–H and O–H groups in total. The van der Waals surface area contributed by atoms with Crippen molar-refractivity contribution in [1.82, 2.24) is 4.98 Å². The number of nitrogens with zero attached hydrogens (tertiary/aromatic N) is 1. The lowest BCUT2D eigenvalue weighted by Crippen LogP contribution is -2.41. The third-order valence-corrected chi connectivity index (χ3v) is 3.89. The molecule has 1 saturated heterocycles. The molecule has 0 bridgehead atoms. The van der Waals surface area contributed by atoms with Gasteiger partial charge in [0, 0.05) is 6.20 Å². The summed E-state index contributed by atoms with van der Waals surface area (Å²) >= 11 is 0. The lowest BCUT2D eigenvalue weighted by atomic mass is 9.89. The van der Waals surface area contributed by atoms with E-state index >= 15 is 0 Å². The minimum Gasteiger partial charge on any atom is -0.496 e. The molecule has 0 aromatic carbocycles. The molecule has 1 aliphatic rings. The van der Waals surface area contributed by atoms with Gasteiger partial charge in [-0.2, -0.15) is 0 Å². The van der Waals surface area contributed by atoms with Crippen LogP contribution in [0.4, 0.5) is 5.82 Å². The van der Waals surface area contributed by atoms with Crippen molar-refractivity contribution >= 4 is 19.0 Å². The second kappa shape index (κ2) is 5.11. The summed E-state index contributed by atoms with van der Waals surface area (Å²) in [4.78, 5) is 4.06. The summed E-state index contributed by atoms with van der Waals surface area (Å²) < 4.78 is 17.0. The van der Waals surface area contributed by atoms with Crippen LogP contribution in [-0.4, -0.2) is 30.4 Å². The van der Waals surface area contributed by atoms with Gasteiger partial charge in [0.25, 0.3) is 0 Å². The van der Waals surface area contributed by atoms with E-state index in [1.165, 1.54) is 0 Å². The number of methoxy groups -OCH3 is 1. The molecule has 2 heterocycles. The Morgan fingerprint density at radius 3 is 2.40 bits per heavy atom. The molecule has 2 rings (SSSR count). The highest BCUT2D eigenvalue weighted by atomic mass is 16.7. The van der Waals surface area contributed by atoms with Gasteiger partial charge < -0.3 is 19.8 Å². The first-order valence-electron chi connectivity index (χ1n) is 6.59. The van der Waals surface area contributed by atoms with Crippen molar-refractivity contribution in [3.8, 4) is 5.75 Å². The number of aromatic nitrogens is 1. The Hall–Kier alpha value is -1.53. The van der Waals surface area contributed by atoms with E-state index < -0.39 is 7.12 Å². The Labute approximate surface area is 120 Å². The Bertz CT molecular complexity index is 513. The van der Waals surface area contributed by atoms with Crippen LogP contribution in [-0.2, 0) is 9.31 Å². The van der Waals surface area contributed by atoms with Crippen LogP contribution in [0.25, 0.3) is 6.08 Å². The first kappa shape index (κ1) is 14.9. The van der Waals surface area contributed by atoms with Crippen molar-refractivity contribution in [2.45, 2.75) is 38.9 Å². The molecule has 0 saturated carbocycles. The predicted molar refractivity (Wildman–Crippen MR) is 80.3 cm³/mol. The van der Waals surface area contributed by atoms with Crippen LogP contribution in [0.1, 0.15) is 33.3 Å². The zero-order valence-corrected chi connectivity index (χ0v) is 12.6. The summed E-state index contributed by atoms with van der Waals surface area (Å²) in [5.74, 6) is 2.91. The molecule has 0 spiro atoms. The van der Waals surface area contributed by atoms with Crippen LogP contribution in [0.15, 0.2) is 18.2 Å². The minimum atomic E-state index is -0.413. The summed E-state index contributed by atoms with van der Waals surface area (Å²) in [6.07, 6.45) is 3.43. The average Bonchev–Trinajstić information content (AvgIpc) is 2.56. The quantitative estimate of drug-likeness (QED) is 0.858. The molecule has 108 valence electrons. The van der Waals surface area contributed by atoms with Gasteiger partial charge in [0.05, 0.1) is 23.9 Å². The highest BCUT2D eigenvalue weighted by Gasteiger charge is 2.50. The molecule has 0 amide bonds. The molecule has 0 atom stereocenters. The first-order valence-corrected chi connectivity index (χ1v) is 6.59. The summed E-state index contributed by atoms with van der Waals surface area (Å²) in [6.45, 7) is 8.05. The van der Waals surface area contributed by atoms with Crippen LogP contribution < -0.4 is 10.5 Å². The van der Waals surface area contributed by atoms with Crippen LogP contribution in [0.3, 0.4) is 0 Å². The number of ether oxygens (including phenoxy) is 1. The normalized spacial score (nSPS) is 20.6. The smallest absolute Gasteiger partial charge is 0.487 e. The maximum Gasteiger partial charge on any atom is 0.487 e. The fraction of sp³-hybridized carbons (Fsp3) is 0.500. The monoisotopic (exact) mass is 276 g/mol. The van der Waals surface area contributed by atoms with Gasteiger partial charge in [-0.3, -0.25) is 0 Å². The van der Waals surface area contributed by atoms with E-state index in [2.05, 4.69) is 4.98 Å². The molecular formula is C14H21BN2O3. The lowest BCUT2D eigenvalue weighted by molar-refractivity contribution is 0.00578. The molecule has 0 unspecified atom stereocenters. The number of rotatable bonds is 3. The van der Waals surface area contributed by atoms with Gasteiger partial charge in [-0.05, 0) is 33.8 Å². The molecule has 5 nitrogen and oxygen atoms in total. The summed E-state index contributed by atoms with van der Waals surface area (Å²) in [5, 5.41) is 0. The summed E-state index contributed by atoms with van der Waals surface area (Å²) in [6, 6.07) is 1.76. The van der Waals surface area contributed by atoms with Gasteiger partial charge in [-0.1, -0.05) is 12.1 Å². The van der Waals surface area contributed by atoms with E-state index in [-0.39, 0.29) is 11.2 Å². The maximum atomic E-state index is 5.89. The highest BCUT2D eigenvalue weighted by molar-refractivity contribution is 6.52. The van der Waals surface area contributed by atoms with E-state index in [9.17, 15) is 0 Å². The van der Waals surface area contributed by atoms with E-state index in [1.807, 2.05) is 39.7 Å². The number of nitrogens with two attached hydrogens (primary N) is 1. The van der Waals surface area contributed by atoms with Crippen molar-refractivity contribution < 1.29 is 14.0 Å². The molecule has 1 aromatic heterocycles. The number of hydrogen-bond donors (Lipinski definition) is 1. The van der Waals surface area contributed by atoms with E-state index in [1.54, 1.807) is 19.4 Å². The number of anilines is 1. The van der Waals surface area contributed by atoms with Crippen LogP contribution in [0.2, 0.25) is 0 Å². The topological polar surface area (TPSA) is 66.6 Å². The molecule has 1 fully saturated rings. The molecule has 1 aliphatic heterocycles. The second-order valence-electron chi connectivity index (χ2n) is 5.80. The van der Waals surface area contributed by atoms with Crippen molar-refractivity contribution in [1.29, 1.82) is 0 Å². The Morgan fingerprint density at radius 1 is 1.25 bits per heavy atom. The zero-order valence-electron chi connectivity index (χ0n) is 12.6. The van der Waals surface area contributed by atoms with Gasteiger partial charge in [0.2, 0.25) is 0 Å². The summed E-state index contributed by atoms with van der Waals surface area (Å²) in [7, 11) is 1.19. The van der Waals surface area contributed by atoms with Crippen LogP contribution in [0.5, 0.6) is 5.75 Å². The third kappa shape index (κ3) is 2.67. The fourth-order valence-electron chi connectivity index (χ4n) is 1.96. The third-order valence-electron chi connectivity index (χ3n) is 3.89. The van der Waals surface area contributed by atoms with Crippen LogP contribution >= 0.6 is 0 Å². The molecule has 6 heteroatoms. The van der Waals surface area contributed by atoms with Gasteiger partial charge in [0.1, 0.15) is 11.6 Å².